The molecule has 3 N–H and O–H groups in total. The van der Waals surface area contributed by atoms with Gasteiger partial charge in [0.05, 0.1) is 40.8 Å². The molecule has 4 aliphatic heterocycles. The van der Waals surface area contributed by atoms with Crippen LogP contribution in [0.4, 0.5) is 4.79 Å². The number of rotatable bonds is 11. The van der Waals surface area contributed by atoms with Gasteiger partial charge in [-0.2, -0.15) is 0 Å². The summed E-state index contributed by atoms with van der Waals surface area (Å²) in [6.07, 6.45) is 3.21. The summed E-state index contributed by atoms with van der Waals surface area (Å²) in [5, 5.41) is 11.2. The average molecular weight is 939 g/mol. The van der Waals surface area contributed by atoms with Gasteiger partial charge >= 0.3 is 12.0 Å². The van der Waals surface area contributed by atoms with Crippen LogP contribution in [0.2, 0.25) is 0 Å². The van der Waals surface area contributed by atoms with E-state index in [4.69, 9.17) is 19.4 Å². The first-order valence-corrected chi connectivity index (χ1v) is 24.5. The second kappa shape index (κ2) is 19.7. The molecule has 0 radical (unpaired) electrons. The Labute approximate surface area is 396 Å². The highest BCUT2D eigenvalue weighted by molar-refractivity contribution is 7.10. The first kappa shape index (κ1) is 48.0. The third kappa shape index (κ3) is 10.1. The largest absolute Gasteiger partial charge is 0.464 e. The van der Waals surface area contributed by atoms with Crippen molar-refractivity contribution < 1.29 is 33.4 Å². The number of pyridine rings is 1. The summed E-state index contributed by atoms with van der Waals surface area (Å²) < 4.78 is 14.2. The highest BCUT2D eigenvalue weighted by Crippen LogP contribution is 2.42. The van der Waals surface area contributed by atoms with Gasteiger partial charge < -0.3 is 39.4 Å². The van der Waals surface area contributed by atoms with E-state index in [9.17, 15) is 24.0 Å². The van der Waals surface area contributed by atoms with Gasteiger partial charge in [-0.25, -0.2) is 15.2 Å². The van der Waals surface area contributed by atoms with Gasteiger partial charge in [0.2, 0.25) is 11.8 Å². The predicted octanol–water partition coefficient (Wildman–Crippen LogP) is 4.64. The SMILES string of the molecule is CCn1c(-c2cccnc2[C@H](C)OC)c2c3cc(ccc31)-c1csc(n1)C[C@H](NC(=O)[C@H](C(C)C)N(C)C(=O)N(C)CC1CN(C(=O)[C@@H]3CN3)C1)C(=O)N1CCC[C@H](N1)C(=O)OCC(C)(C)C2. The lowest BCUT2D eigenvalue weighted by Crippen LogP contribution is -2.62. The van der Waals surface area contributed by atoms with Crippen LogP contribution in [0.15, 0.2) is 41.9 Å². The Morgan fingerprint density at radius 2 is 1.88 bits per heavy atom. The summed E-state index contributed by atoms with van der Waals surface area (Å²) in [6.45, 7) is 15.5. The maximum Gasteiger partial charge on any atom is 0.324 e. The number of nitrogens with zero attached hydrogens (tertiary/aromatic N) is 7. The Bertz CT molecular complexity index is 2510. The van der Waals surface area contributed by atoms with Crippen LogP contribution in [0.1, 0.15) is 76.8 Å². The summed E-state index contributed by atoms with van der Waals surface area (Å²) in [6, 6.07) is 7.23. The van der Waals surface area contributed by atoms with Crippen molar-refractivity contribution in [2.75, 3.05) is 60.5 Å². The maximum absolute atomic E-state index is 14.6. The molecule has 0 unspecified atom stereocenters. The molecule has 6 bridgehead atoms. The van der Waals surface area contributed by atoms with E-state index in [0.717, 1.165) is 44.7 Å². The summed E-state index contributed by atoms with van der Waals surface area (Å²) in [5.41, 5.74) is 9.29. The van der Waals surface area contributed by atoms with E-state index in [-0.39, 0.29) is 48.9 Å². The molecule has 5 atom stereocenters. The number of benzene rings is 1. The van der Waals surface area contributed by atoms with Crippen LogP contribution in [-0.4, -0.2) is 149 Å². The van der Waals surface area contributed by atoms with Gasteiger partial charge in [-0.15, -0.1) is 11.3 Å². The Morgan fingerprint density at radius 3 is 2.58 bits per heavy atom. The average Bonchev–Trinajstić information content (AvgIpc) is 3.98. The zero-order valence-electron chi connectivity index (χ0n) is 40.3. The van der Waals surface area contributed by atoms with E-state index in [1.807, 2.05) is 37.1 Å². The lowest BCUT2D eigenvalue weighted by molar-refractivity contribution is -0.155. The van der Waals surface area contributed by atoms with Crippen molar-refractivity contribution in [1.29, 1.82) is 0 Å². The first-order valence-electron chi connectivity index (χ1n) is 23.6. The molecular formula is C49H66N10O7S. The molecule has 8 rings (SSSR count). The normalized spacial score (nSPS) is 21.9. The van der Waals surface area contributed by atoms with Gasteiger partial charge in [0.25, 0.3) is 5.91 Å². The molecule has 3 fully saturated rings. The minimum Gasteiger partial charge on any atom is -0.464 e. The van der Waals surface area contributed by atoms with E-state index >= 15 is 0 Å². The standard InChI is InChI=1S/C49H66N10O7S/c1-10-58-39-16-15-31-19-33(39)34(43(58)32-13-11-17-50-41(32)29(4)65-9)21-49(5,6)27-66-47(63)35-14-12-18-59(54-35)46(62)36(20-40-52-38(31)26-67-40)53-44(60)42(28(2)3)56(8)48(64)55(7)23-30-24-57(25-30)45(61)37-22-51-37/h11,13,15-17,19,26,28-30,35-37,42,51,54H,10,12,14,18,20-25,27H2,1-9H3,(H,53,60)/t29-,35-,36-,37-,42-/m0/s1. The van der Waals surface area contributed by atoms with Crippen LogP contribution in [0.5, 0.6) is 0 Å². The minimum atomic E-state index is -1.08. The molecule has 0 spiro atoms. The molecule has 3 saturated heterocycles. The molecule has 4 aromatic rings. The highest BCUT2D eigenvalue weighted by Gasteiger charge is 2.42. The number of hydrogen-bond donors (Lipinski definition) is 3. The monoisotopic (exact) mass is 938 g/mol. The van der Waals surface area contributed by atoms with Gasteiger partial charge in [0.15, 0.2) is 0 Å². The van der Waals surface area contributed by atoms with Crippen molar-refractivity contribution in [3.63, 3.8) is 0 Å². The van der Waals surface area contributed by atoms with Gasteiger partial charge in [-0.1, -0.05) is 33.8 Å². The molecule has 17 nitrogen and oxygen atoms in total. The lowest BCUT2D eigenvalue weighted by atomic mass is 9.84. The molecule has 0 saturated carbocycles. The maximum atomic E-state index is 14.6. The van der Waals surface area contributed by atoms with Crippen molar-refractivity contribution in [2.45, 2.75) is 104 Å². The summed E-state index contributed by atoms with van der Waals surface area (Å²) in [4.78, 5) is 84.1. The number of hydrogen-bond acceptors (Lipinski definition) is 12. The minimum absolute atomic E-state index is 0.0811. The van der Waals surface area contributed by atoms with Crippen LogP contribution < -0.4 is 16.1 Å². The van der Waals surface area contributed by atoms with Crippen LogP contribution in [0.25, 0.3) is 33.4 Å². The molecule has 7 heterocycles. The lowest BCUT2D eigenvalue weighted by Gasteiger charge is -2.42. The van der Waals surface area contributed by atoms with Gasteiger partial charge in [0.1, 0.15) is 18.1 Å². The number of carbonyl (C=O) groups excluding carboxylic acids is 5. The van der Waals surface area contributed by atoms with Crippen molar-refractivity contribution in [3.8, 4) is 22.5 Å². The fourth-order valence-corrected chi connectivity index (χ4v) is 10.8. The van der Waals surface area contributed by atoms with Crippen molar-refractivity contribution in [3.05, 3.63) is 58.2 Å². The molecule has 3 aromatic heterocycles. The number of methoxy groups -OCH3 is 1. The van der Waals surface area contributed by atoms with Gasteiger partial charge in [-0.05, 0) is 68.9 Å². The fraction of sp³-hybridized carbons (Fsp3) is 0.571. The van der Waals surface area contributed by atoms with Crippen molar-refractivity contribution in [1.82, 2.24) is 50.3 Å². The Hall–Kier alpha value is -5.43. The predicted molar refractivity (Wildman–Crippen MR) is 256 cm³/mol. The summed E-state index contributed by atoms with van der Waals surface area (Å²) >= 11 is 1.41. The van der Waals surface area contributed by atoms with E-state index in [1.54, 1.807) is 32.3 Å². The molecular weight excluding hydrogens is 873 g/mol. The molecule has 360 valence electrons. The van der Waals surface area contributed by atoms with Crippen LogP contribution >= 0.6 is 11.3 Å². The second-order valence-electron chi connectivity index (χ2n) is 19.8. The number of aryl methyl sites for hydroxylation is 1. The number of cyclic esters (lactones) is 1. The number of likely N-dealkylation sites (tertiary alicyclic amines) is 1. The van der Waals surface area contributed by atoms with Gasteiger partial charge in [-0.3, -0.25) is 29.2 Å². The van der Waals surface area contributed by atoms with Gasteiger partial charge in [0, 0.05) is 112 Å². The third-order valence-corrected chi connectivity index (χ3v) is 14.5. The van der Waals surface area contributed by atoms with Crippen molar-refractivity contribution >= 4 is 52.0 Å². The topological polar surface area (TPSA) is 193 Å². The number of fused-ring (bicyclic) bond motifs is 6. The van der Waals surface area contributed by atoms with Crippen LogP contribution in [0, 0.1) is 17.3 Å². The number of thiazole rings is 1. The molecule has 5 amide bonds. The number of urea groups is 1. The van der Waals surface area contributed by atoms with E-state index < -0.39 is 41.3 Å². The number of ether oxygens (including phenoxy) is 2. The smallest absolute Gasteiger partial charge is 0.324 e. The van der Waals surface area contributed by atoms with Crippen molar-refractivity contribution in [2.24, 2.45) is 17.3 Å². The zero-order chi connectivity index (χ0) is 47.9. The Balaban J connectivity index is 1.11. The summed E-state index contributed by atoms with van der Waals surface area (Å²) in [5.74, 6) is -1.42. The van der Waals surface area contributed by atoms with E-state index in [0.29, 0.717) is 63.5 Å². The number of hydrazine groups is 1. The number of esters is 1. The molecule has 18 heteroatoms. The first-order chi connectivity index (χ1) is 32.0. The Morgan fingerprint density at radius 1 is 1.12 bits per heavy atom. The number of carbonyl (C=O) groups is 5. The number of aromatic nitrogens is 3. The molecule has 4 aliphatic rings. The number of likely N-dealkylation sites (N-methyl/N-ethyl adjacent to an activating group) is 1. The van der Waals surface area contributed by atoms with Crippen LogP contribution in [0.3, 0.4) is 0 Å². The van der Waals surface area contributed by atoms with E-state index in [2.05, 4.69) is 65.7 Å². The summed E-state index contributed by atoms with van der Waals surface area (Å²) in [7, 11) is 5.00. The molecule has 0 aliphatic carbocycles. The highest BCUT2D eigenvalue weighted by atomic mass is 32.1. The third-order valence-electron chi connectivity index (χ3n) is 13.6. The fourth-order valence-electron chi connectivity index (χ4n) is 9.92. The number of nitrogens with one attached hydrogen (secondary N) is 3. The second-order valence-corrected chi connectivity index (χ2v) is 20.7. The zero-order valence-corrected chi connectivity index (χ0v) is 41.1. The molecule has 67 heavy (non-hydrogen) atoms. The van der Waals surface area contributed by atoms with Crippen LogP contribution in [-0.2, 0) is 48.0 Å². The number of amides is 5. The quantitative estimate of drug-likeness (QED) is 0.140. The van der Waals surface area contributed by atoms with E-state index in [1.165, 1.54) is 21.2 Å². The Kier molecular flexibility index (Phi) is 14.1. The molecule has 1 aromatic carbocycles.